The van der Waals surface area contributed by atoms with Gasteiger partial charge in [-0.1, -0.05) is 124 Å². The summed E-state index contributed by atoms with van der Waals surface area (Å²) in [5.41, 5.74) is 7.91. The average Bonchev–Trinajstić information content (AvgIpc) is 3.03. The first-order valence-corrected chi connectivity index (χ1v) is 15.3. The van der Waals surface area contributed by atoms with Crippen molar-refractivity contribution in [3.8, 4) is 28.0 Å². The van der Waals surface area contributed by atoms with Crippen molar-refractivity contribution in [2.75, 3.05) is 6.61 Å². The van der Waals surface area contributed by atoms with E-state index in [-0.39, 0.29) is 6.29 Å². The van der Waals surface area contributed by atoms with E-state index >= 15 is 0 Å². The molecule has 0 bridgehead atoms. The van der Waals surface area contributed by atoms with E-state index in [1.54, 1.807) is 0 Å². The van der Waals surface area contributed by atoms with Gasteiger partial charge >= 0.3 is 0 Å². The van der Waals surface area contributed by atoms with Gasteiger partial charge in [0, 0.05) is 5.92 Å². The largest absolute Gasteiger partial charge is 0.465 e. The van der Waals surface area contributed by atoms with E-state index in [0.29, 0.717) is 18.4 Å². The molecule has 2 unspecified atom stereocenters. The van der Waals surface area contributed by atoms with Gasteiger partial charge < -0.3 is 9.47 Å². The summed E-state index contributed by atoms with van der Waals surface area (Å²) in [7, 11) is 0. The van der Waals surface area contributed by atoms with Gasteiger partial charge in [0.05, 0.1) is 6.61 Å². The lowest BCUT2D eigenvalue weighted by Gasteiger charge is -2.30. The zero-order valence-corrected chi connectivity index (χ0v) is 24.2. The fraction of sp³-hybridized carbons (Fsp3) is 0.368. The number of hydrogen-bond acceptors (Lipinski definition) is 2. The van der Waals surface area contributed by atoms with Crippen molar-refractivity contribution in [3.63, 3.8) is 0 Å². The predicted octanol–water partition coefficient (Wildman–Crippen LogP) is 10.5. The fourth-order valence-electron chi connectivity index (χ4n) is 6.00. The fourth-order valence-corrected chi connectivity index (χ4v) is 6.00. The summed E-state index contributed by atoms with van der Waals surface area (Å²) in [4.78, 5) is 0. The zero-order chi connectivity index (χ0) is 27.6. The van der Waals surface area contributed by atoms with Crippen molar-refractivity contribution in [2.45, 2.75) is 77.4 Å². The Morgan fingerprint density at radius 3 is 1.88 bits per heavy atom. The van der Waals surface area contributed by atoms with E-state index in [4.69, 9.17) is 9.47 Å². The summed E-state index contributed by atoms with van der Waals surface area (Å²) in [6.07, 6.45) is 9.10. The highest BCUT2D eigenvalue weighted by atomic mass is 16.7. The lowest BCUT2D eigenvalue weighted by Crippen LogP contribution is -2.32. The van der Waals surface area contributed by atoms with Crippen molar-refractivity contribution in [1.29, 1.82) is 0 Å². The van der Waals surface area contributed by atoms with E-state index in [9.17, 15) is 0 Å². The van der Waals surface area contributed by atoms with Gasteiger partial charge in [0.1, 0.15) is 5.75 Å². The minimum absolute atomic E-state index is 0.187. The van der Waals surface area contributed by atoms with Gasteiger partial charge in [-0.3, -0.25) is 0 Å². The number of benzene rings is 4. The van der Waals surface area contributed by atoms with Crippen LogP contribution in [-0.4, -0.2) is 12.9 Å². The highest BCUT2D eigenvalue weighted by Crippen LogP contribution is 2.34. The maximum absolute atomic E-state index is 6.58. The van der Waals surface area contributed by atoms with Crippen molar-refractivity contribution in [3.05, 3.63) is 114 Å². The molecule has 0 aromatic heterocycles. The molecule has 4 aromatic carbocycles. The minimum Gasteiger partial charge on any atom is -0.465 e. The van der Waals surface area contributed by atoms with Crippen LogP contribution in [0.5, 0.6) is 5.75 Å². The molecule has 0 amide bonds. The van der Waals surface area contributed by atoms with Gasteiger partial charge in [0.25, 0.3) is 0 Å². The van der Waals surface area contributed by atoms with E-state index in [0.717, 1.165) is 25.0 Å². The van der Waals surface area contributed by atoms with E-state index in [2.05, 4.69) is 117 Å². The molecule has 1 saturated carbocycles. The molecular formula is C38H44O2. The first kappa shape index (κ1) is 28.2. The van der Waals surface area contributed by atoms with Crippen LogP contribution < -0.4 is 4.74 Å². The molecule has 1 fully saturated rings. The lowest BCUT2D eigenvalue weighted by molar-refractivity contribution is -0.123. The molecule has 0 N–H and O–H groups in total. The van der Waals surface area contributed by atoms with Crippen LogP contribution >= 0.6 is 0 Å². The molecule has 4 aromatic rings. The summed E-state index contributed by atoms with van der Waals surface area (Å²) in [6, 6.07) is 36.9. The second kappa shape index (κ2) is 14.3. The van der Waals surface area contributed by atoms with E-state index in [1.807, 2.05) is 0 Å². The van der Waals surface area contributed by atoms with Gasteiger partial charge in [-0.05, 0) is 83.5 Å². The number of ether oxygens (including phenoxy) is 2. The minimum atomic E-state index is -0.187. The quantitative estimate of drug-likeness (QED) is 0.133. The molecular weight excluding hydrogens is 488 g/mol. The summed E-state index contributed by atoms with van der Waals surface area (Å²) in [6.45, 7) is 5.20. The van der Waals surface area contributed by atoms with Crippen LogP contribution in [0, 0.1) is 5.92 Å². The van der Waals surface area contributed by atoms with Crippen LogP contribution in [0.25, 0.3) is 22.3 Å². The van der Waals surface area contributed by atoms with Gasteiger partial charge in [-0.25, -0.2) is 0 Å². The monoisotopic (exact) mass is 532 g/mol. The Bertz CT molecular complexity index is 1230. The Hall–Kier alpha value is -3.36. The molecule has 0 aliphatic heterocycles. The van der Waals surface area contributed by atoms with Crippen molar-refractivity contribution in [2.24, 2.45) is 5.92 Å². The smallest absolute Gasteiger partial charge is 0.202 e. The molecule has 0 spiro atoms. The standard InChI is InChI=1S/C38H44O2/c1-3-29(2)30-24-26-34(27-25-30)40-38(33-19-11-6-12-20-33)39-28-14-23-37-35(31-15-7-4-8-16-31)21-13-22-36(37)32-17-9-5-10-18-32/h4-5,7-10,13,15-18,21-22,24-27,29,33,38H,3,6,11-12,14,19-20,23,28H2,1-2H3. The zero-order valence-electron chi connectivity index (χ0n) is 24.2. The van der Waals surface area contributed by atoms with Crippen LogP contribution in [0.2, 0.25) is 0 Å². The molecule has 2 heteroatoms. The van der Waals surface area contributed by atoms with Crippen molar-refractivity contribution < 1.29 is 9.47 Å². The van der Waals surface area contributed by atoms with Gasteiger partial charge in [-0.15, -0.1) is 0 Å². The highest BCUT2D eigenvalue weighted by Gasteiger charge is 2.26. The first-order chi connectivity index (χ1) is 19.7. The summed E-state index contributed by atoms with van der Waals surface area (Å²) < 4.78 is 13.1. The molecule has 0 saturated heterocycles. The Labute approximate surface area is 241 Å². The van der Waals surface area contributed by atoms with Gasteiger partial charge in [0.2, 0.25) is 6.29 Å². The third kappa shape index (κ3) is 7.23. The summed E-state index contributed by atoms with van der Waals surface area (Å²) >= 11 is 0. The predicted molar refractivity (Wildman–Crippen MR) is 168 cm³/mol. The van der Waals surface area contributed by atoms with Crippen LogP contribution in [0.15, 0.2) is 103 Å². The lowest BCUT2D eigenvalue weighted by atomic mass is 9.88. The van der Waals surface area contributed by atoms with Crippen molar-refractivity contribution in [1.82, 2.24) is 0 Å². The van der Waals surface area contributed by atoms with E-state index < -0.39 is 0 Å². The van der Waals surface area contributed by atoms with Crippen LogP contribution in [0.4, 0.5) is 0 Å². The number of hydrogen-bond donors (Lipinski definition) is 0. The Morgan fingerprint density at radius 2 is 1.30 bits per heavy atom. The molecule has 1 aliphatic carbocycles. The molecule has 40 heavy (non-hydrogen) atoms. The molecule has 2 nitrogen and oxygen atoms in total. The van der Waals surface area contributed by atoms with Crippen molar-refractivity contribution >= 4 is 0 Å². The summed E-state index contributed by atoms with van der Waals surface area (Å²) in [5, 5.41) is 0. The SMILES string of the molecule is CCC(C)c1ccc(OC(OCCCc2c(-c3ccccc3)cccc2-c2ccccc2)C2CCCCC2)cc1. The number of rotatable bonds is 12. The third-order valence-electron chi connectivity index (χ3n) is 8.55. The highest BCUT2D eigenvalue weighted by molar-refractivity contribution is 5.78. The molecule has 1 aliphatic rings. The molecule has 208 valence electrons. The average molecular weight is 533 g/mol. The van der Waals surface area contributed by atoms with Gasteiger partial charge in [0.15, 0.2) is 0 Å². The second-order valence-corrected chi connectivity index (χ2v) is 11.3. The van der Waals surface area contributed by atoms with Crippen LogP contribution in [0.3, 0.4) is 0 Å². The molecule has 5 rings (SSSR count). The molecule has 0 radical (unpaired) electrons. The van der Waals surface area contributed by atoms with Crippen LogP contribution in [-0.2, 0) is 11.2 Å². The normalized spacial score (nSPS) is 15.4. The maximum atomic E-state index is 6.58. The third-order valence-corrected chi connectivity index (χ3v) is 8.55. The van der Waals surface area contributed by atoms with Gasteiger partial charge in [-0.2, -0.15) is 0 Å². The molecule has 2 atom stereocenters. The Balaban J connectivity index is 1.30. The Kier molecular flexibility index (Phi) is 10.1. The topological polar surface area (TPSA) is 18.5 Å². The van der Waals surface area contributed by atoms with Crippen LogP contribution in [0.1, 0.15) is 75.8 Å². The first-order valence-electron chi connectivity index (χ1n) is 15.3. The summed E-state index contributed by atoms with van der Waals surface area (Å²) in [5.74, 6) is 1.95. The molecule has 0 heterocycles. The Morgan fingerprint density at radius 1 is 0.700 bits per heavy atom. The second-order valence-electron chi connectivity index (χ2n) is 11.3. The van der Waals surface area contributed by atoms with E-state index in [1.165, 1.54) is 65.5 Å². The maximum Gasteiger partial charge on any atom is 0.202 e.